The van der Waals surface area contributed by atoms with E-state index in [0.717, 1.165) is 51.4 Å². The molecule has 0 radical (unpaired) electrons. The largest absolute Gasteiger partial charge is 0.472 e. The average Bonchev–Trinajstić information content (AvgIpc) is 2.86. The Morgan fingerprint density at radius 1 is 0.861 bits per heavy atom. The molecule has 0 amide bonds. The van der Waals surface area contributed by atoms with Crippen LogP contribution in [0.4, 0.5) is 0 Å². The highest BCUT2D eigenvalue weighted by Gasteiger charge is 2.24. The Kier molecular flexibility index (Phi) is 23.6. The molecule has 206 valence electrons. The van der Waals surface area contributed by atoms with E-state index in [1.165, 1.54) is 0 Å². The number of phosphoric ester groups is 1. The predicted octanol–water partition coefficient (Wildman–Crippen LogP) is 5.68. The van der Waals surface area contributed by atoms with Crippen LogP contribution >= 0.6 is 7.82 Å². The Balaban J connectivity index is 3.76. The van der Waals surface area contributed by atoms with Gasteiger partial charge in [0.05, 0.1) is 19.8 Å². The molecule has 0 saturated heterocycles. The molecule has 8 nitrogen and oxygen atoms in total. The maximum Gasteiger partial charge on any atom is 0.472 e. The third-order valence-corrected chi connectivity index (χ3v) is 5.69. The SMILES string of the molecule is CCC=CCC=CCC=CCC=CCC=CCCCCCC(=O)OC(CO)COP(=O)(O)OCCN. The zero-order valence-electron chi connectivity index (χ0n) is 21.7. The van der Waals surface area contributed by atoms with E-state index in [1.54, 1.807) is 0 Å². The Morgan fingerprint density at radius 3 is 1.94 bits per heavy atom. The number of aliphatic hydroxyl groups excluding tert-OH is 1. The fraction of sp³-hybridized carbons (Fsp3) is 0.593. The number of allylic oxidation sites excluding steroid dienone is 10. The Labute approximate surface area is 217 Å². The predicted molar refractivity (Wildman–Crippen MR) is 145 cm³/mol. The summed E-state index contributed by atoms with van der Waals surface area (Å²) in [5.74, 6) is -0.483. The molecular weight excluding hydrogens is 481 g/mol. The number of unbranched alkanes of at least 4 members (excludes halogenated alkanes) is 3. The van der Waals surface area contributed by atoms with Gasteiger partial charge in [-0.15, -0.1) is 0 Å². The summed E-state index contributed by atoms with van der Waals surface area (Å²) in [6, 6.07) is 0. The highest BCUT2D eigenvalue weighted by atomic mass is 31.2. The van der Waals surface area contributed by atoms with E-state index in [-0.39, 0.29) is 19.6 Å². The van der Waals surface area contributed by atoms with Crippen molar-refractivity contribution >= 4 is 13.8 Å². The number of carbonyl (C=O) groups is 1. The van der Waals surface area contributed by atoms with Gasteiger partial charge in [0.1, 0.15) is 6.10 Å². The van der Waals surface area contributed by atoms with Gasteiger partial charge in [0, 0.05) is 13.0 Å². The van der Waals surface area contributed by atoms with Crippen LogP contribution in [-0.2, 0) is 23.1 Å². The Hall–Kier alpha value is -1.80. The number of hydrogen-bond acceptors (Lipinski definition) is 7. The summed E-state index contributed by atoms with van der Waals surface area (Å²) in [7, 11) is -4.28. The van der Waals surface area contributed by atoms with Crippen molar-refractivity contribution in [2.75, 3.05) is 26.4 Å². The van der Waals surface area contributed by atoms with Crippen LogP contribution in [0.2, 0.25) is 0 Å². The standard InChI is InChI=1S/C27H46NO7P/c1-2-3-4-5-6-7-8-9-10-11-12-13-14-15-16-17-18-19-20-21-27(30)35-26(24-29)25-34-36(31,32)33-23-22-28/h3-4,6-7,9-10,12-13,15-16,26,29H,2,5,8,11,14,17-25,28H2,1H3,(H,31,32). The van der Waals surface area contributed by atoms with Crippen molar-refractivity contribution in [3.8, 4) is 0 Å². The highest BCUT2D eigenvalue weighted by molar-refractivity contribution is 7.47. The maximum atomic E-state index is 11.9. The molecule has 36 heavy (non-hydrogen) atoms. The molecule has 0 aliphatic rings. The summed E-state index contributed by atoms with van der Waals surface area (Å²) < 4.78 is 25.9. The number of hydrogen-bond donors (Lipinski definition) is 3. The fourth-order valence-corrected chi connectivity index (χ4v) is 3.59. The van der Waals surface area contributed by atoms with Crippen LogP contribution in [0.25, 0.3) is 0 Å². The highest BCUT2D eigenvalue weighted by Crippen LogP contribution is 2.42. The molecule has 0 aromatic heterocycles. The summed E-state index contributed by atoms with van der Waals surface area (Å²) >= 11 is 0. The molecule has 0 bridgehead atoms. The Bertz CT molecular complexity index is 732. The number of phosphoric acid groups is 1. The lowest BCUT2D eigenvalue weighted by Gasteiger charge is -2.17. The van der Waals surface area contributed by atoms with Gasteiger partial charge >= 0.3 is 13.8 Å². The second-order valence-electron chi connectivity index (χ2n) is 7.99. The first-order chi connectivity index (χ1) is 17.4. The second-order valence-corrected chi connectivity index (χ2v) is 9.44. The molecule has 0 spiro atoms. The van der Waals surface area contributed by atoms with Crippen LogP contribution < -0.4 is 5.73 Å². The van der Waals surface area contributed by atoms with Crippen molar-refractivity contribution in [3.63, 3.8) is 0 Å². The lowest BCUT2D eigenvalue weighted by Crippen LogP contribution is -2.27. The molecule has 0 saturated carbocycles. The normalized spacial score (nSPS) is 15.1. The molecule has 0 aromatic rings. The third-order valence-electron chi connectivity index (χ3n) is 4.71. The van der Waals surface area contributed by atoms with Crippen molar-refractivity contribution < 1.29 is 33.1 Å². The summed E-state index contributed by atoms with van der Waals surface area (Å²) in [4.78, 5) is 21.3. The number of ether oxygens (including phenoxy) is 1. The van der Waals surface area contributed by atoms with Crippen molar-refractivity contribution in [1.29, 1.82) is 0 Å². The molecule has 0 aromatic carbocycles. The van der Waals surface area contributed by atoms with E-state index in [1.807, 2.05) is 0 Å². The van der Waals surface area contributed by atoms with Crippen LogP contribution in [-0.4, -0.2) is 48.4 Å². The number of aliphatic hydroxyl groups is 1. The summed E-state index contributed by atoms with van der Waals surface area (Å²) in [6.07, 6.45) is 29.3. The lowest BCUT2D eigenvalue weighted by atomic mass is 10.1. The zero-order chi connectivity index (χ0) is 26.7. The van der Waals surface area contributed by atoms with E-state index < -0.39 is 33.1 Å². The quantitative estimate of drug-likeness (QED) is 0.0670. The van der Waals surface area contributed by atoms with E-state index in [0.29, 0.717) is 6.42 Å². The monoisotopic (exact) mass is 527 g/mol. The van der Waals surface area contributed by atoms with Crippen LogP contribution in [0.1, 0.15) is 71.1 Å². The minimum absolute atomic E-state index is 0.0629. The summed E-state index contributed by atoms with van der Waals surface area (Å²) in [6.45, 7) is 1.10. The van der Waals surface area contributed by atoms with Crippen molar-refractivity contribution in [3.05, 3.63) is 60.8 Å². The van der Waals surface area contributed by atoms with Crippen LogP contribution in [0.15, 0.2) is 60.8 Å². The van der Waals surface area contributed by atoms with Gasteiger partial charge in [0.15, 0.2) is 0 Å². The van der Waals surface area contributed by atoms with Crippen molar-refractivity contribution in [2.24, 2.45) is 5.73 Å². The summed E-state index contributed by atoms with van der Waals surface area (Å²) in [5, 5.41) is 9.27. The smallest absolute Gasteiger partial charge is 0.457 e. The summed E-state index contributed by atoms with van der Waals surface area (Å²) in [5.41, 5.74) is 5.19. The van der Waals surface area contributed by atoms with E-state index in [2.05, 4.69) is 72.2 Å². The number of rotatable bonds is 23. The molecule has 0 fully saturated rings. The number of carbonyl (C=O) groups excluding carboxylic acids is 1. The van der Waals surface area contributed by atoms with Gasteiger partial charge in [0.2, 0.25) is 0 Å². The molecule has 0 aliphatic carbocycles. The molecule has 0 heterocycles. The van der Waals surface area contributed by atoms with Crippen LogP contribution in [0, 0.1) is 0 Å². The molecule has 2 atom stereocenters. The zero-order valence-corrected chi connectivity index (χ0v) is 22.6. The average molecular weight is 528 g/mol. The molecule has 4 N–H and O–H groups in total. The van der Waals surface area contributed by atoms with Gasteiger partial charge in [-0.25, -0.2) is 4.57 Å². The van der Waals surface area contributed by atoms with Crippen molar-refractivity contribution in [2.45, 2.75) is 77.2 Å². The third kappa shape index (κ3) is 23.9. The Morgan fingerprint density at radius 2 is 1.42 bits per heavy atom. The lowest BCUT2D eigenvalue weighted by molar-refractivity contribution is -0.153. The van der Waals surface area contributed by atoms with Crippen molar-refractivity contribution in [1.82, 2.24) is 0 Å². The van der Waals surface area contributed by atoms with E-state index >= 15 is 0 Å². The van der Waals surface area contributed by atoms with Gasteiger partial charge in [-0.1, -0.05) is 74.1 Å². The number of nitrogens with two attached hydrogens (primary N) is 1. The van der Waals surface area contributed by atoms with E-state index in [4.69, 9.17) is 15.0 Å². The van der Waals surface area contributed by atoms with Gasteiger partial charge in [-0.3, -0.25) is 13.8 Å². The van der Waals surface area contributed by atoms with Gasteiger partial charge in [-0.05, 0) is 51.4 Å². The maximum absolute atomic E-state index is 11.9. The second kappa shape index (κ2) is 24.9. The first kappa shape index (κ1) is 34.2. The van der Waals surface area contributed by atoms with Gasteiger partial charge in [-0.2, -0.15) is 0 Å². The molecule has 0 aliphatic heterocycles. The van der Waals surface area contributed by atoms with Gasteiger partial charge < -0.3 is 20.5 Å². The molecule has 0 rings (SSSR count). The number of esters is 1. The van der Waals surface area contributed by atoms with Gasteiger partial charge in [0.25, 0.3) is 0 Å². The first-order valence-electron chi connectivity index (χ1n) is 12.8. The fourth-order valence-electron chi connectivity index (χ4n) is 2.83. The van der Waals surface area contributed by atoms with E-state index in [9.17, 15) is 19.4 Å². The molecule has 9 heteroatoms. The topological polar surface area (TPSA) is 128 Å². The minimum atomic E-state index is -4.28. The minimum Gasteiger partial charge on any atom is -0.457 e. The molecular formula is C27H46NO7P. The molecule has 2 unspecified atom stereocenters. The van der Waals surface area contributed by atoms with Crippen LogP contribution in [0.5, 0.6) is 0 Å². The van der Waals surface area contributed by atoms with Crippen LogP contribution in [0.3, 0.4) is 0 Å². The first-order valence-corrected chi connectivity index (χ1v) is 14.3.